The number of hydrogen-bond donors (Lipinski definition) is 2. The second-order valence-electron chi connectivity index (χ2n) is 6.04. The van der Waals surface area contributed by atoms with Gasteiger partial charge in [-0.15, -0.1) is 10.2 Å². The first-order valence-corrected chi connectivity index (χ1v) is 9.49. The second-order valence-corrected chi connectivity index (χ2v) is 7.04. The summed E-state index contributed by atoms with van der Waals surface area (Å²) in [5.41, 5.74) is 1.72. The number of thioether (sulfide) groups is 1. The van der Waals surface area contributed by atoms with Crippen molar-refractivity contribution < 1.29 is 18.4 Å². The van der Waals surface area contributed by atoms with Crippen LogP contribution in [0.5, 0.6) is 0 Å². The summed E-state index contributed by atoms with van der Waals surface area (Å²) in [7, 11) is 0. The van der Waals surface area contributed by atoms with Crippen molar-refractivity contribution >= 4 is 35.1 Å². The Morgan fingerprint density at radius 1 is 0.931 bits per heavy atom. The molecule has 2 aromatic carbocycles. The molecule has 9 heteroatoms. The summed E-state index contributed by atoms with van der Waals surface area (Å²) in [6, 6.07) is 13.4. The molecule has 148 valence electrons. The number of anilines is 2. The number of amides is 2. The van der Waals surface area contributed by atoms with E-state index in [-0.39, 0.29) is 23.2 Å². The van der Waals surface area contributed by atoms with Crippen molar-refractivity contribution in [2.24, 2.45) is 0 Å². The number of carbonyl (C=O) groups excluding carboxylic acids is 2. The summed E-state index contributed by atoms with van der Waals surface area (Å²) in [6.07, 6.45) is 0. The van der Waals surface area contributed by atoms with Crippen molar-refractivity contribution in [3.8, 4) is 0 Å². The maximum Gasteiger partial charge on any atom is 0.256 e. The van der Waals surface area contributed by atoms with Gasteiger partial charge in [0.25, 0.3) is 5.91 Å². The average Bonchev–Trinajstić information content (AvgIpc) is 2.71. The Bertz CT molecular complexity index is 1030. The molecule has 0 aliphatic carbocycles. The number of nitrogens with zero attached hydrogens (tertiary/aromatic N) is 2. The van der Waals surface area contributed by atoms with Crippen molar-refractivity contribution in [1.29, 1.82) is 0 Å². The Balaban J connectivity index is 1.50. The predicted molar refractivity (Wildman–Crippen MR) is 107 cm³/mol. The van der Waals surface area contributed by atoms with Crippen LogP contribution in [0.3, 0.4) is 0 Å². The molecule has 0 aliphatic heterocycles. The highest BCUT2D eigenvalue weighted by atomic mass is 32.2. The summed E-state index contributed by atoms with van der Waals surface area (Å²) >= 11 is 1.11. The van der Waals surface area contributed by atoms with E-state index in [0.717, 1.165) is 29.5 Å². The summed E-state index contributed by atoms with van der Waals surface area (Å²) in [5.74, 6) is -2.44. The van der Waals surface area contributed by atoms with Crippen molar-refractivity contribution in [1.82, 2.24) is 10.2 Å². The van der Waals surface area contributed by atoms with Gasteiger partial charge in [-0.3, -0.25) is 9.59 Å². The van der Waals surface area contributed by atoms with E-state index in [9.17, 15) is 18.4 Å². The Kier molecular flexibility index (Phi) is 6.50. The summed E-state index contributed by atoms with van der Waals surface area (Å²) < 4.78 is 26.1. The quantitative estimate of drug-likeness (QED) is 0.595. The molecule has 0 radical (unpaired) electrons. The second kappa shape index (κ2) is 9.24. The first kappa shape index (κ1) is 20.4. The van der Waals surface area contributed by atoms with Crippen LogP contribution in [-0.4, -0.2) is 27.8 Å². The molecule has 29 heavy (non-hydrogen) atoms. The molecule has 2 amide bonds. The average molecular weight is 414 g/mol. The number of nitrogens with one attached hydrogen (secondary N) is 2. The molecule has 0 saturated heterocycles. The molecule has 0 bridgehead atoms. The largest absolute Gasteiger partial charge is 0.325 e. The van der Waals surface area contributed by atoms with Crippen molar-refractivity contribution in [2.45, 2.75) is 11.9 Å². The van der Waals surface area contributed by atoms with Gasteiger partial charge in [0.05, 0.1) is 5.75 Å². The minimum absolute atomic E-state index is 0.00273. The third-order valence-corrected chi connectivity index (χ3v) is 4.67. The minimum Gasteiger partial charge on any atom is -0.325 e. The molecule has 1 aromatic heterocycles. The molecule has 3 rings (SSSR count). The van der Waals surface area contributed by atoms with Gasteiger partial charge in [-0.2, -0.15) is 0 Å². The molecule has 0 atom stereocenters. The number of halogens is 2. The smallest absolute Gasteiger partial charge is 0.256 e. The van der Waals surface area contributed by atoms with Crippen LogP contribution < -0.4 is 10.6 Å². The third kappa shape index (κ3) is 5.82. The number of aromatic nitrogens is 2. The lowest BCUT2D eigenvalue weighted by atomic mass is 10.1. The molecule has 6 nitrogen and oxygen atoms in total. The van der Waals surface area contributed by atoms with E-state index in [4.69, 9.17) is 0 Å². The van der Waals surface area contributed by atoms with Crippen LogP contribution in [-0.2, 0) is 4.79 Å². The van der Waals surface area contributed by atoms with Gasteiger partial charge in [0, 0.05) is 17.3 Å². The molecule has 0 aliphatic rings. The molecule has 0 unspecified atom stereocenters. The number of hydrogen-bond acceptors (Lipinski definition) is 5. The zero-order valence-electron chi connectivity index (χ0n) is 15.3. The maximum atomic E-state index is 13.2. The van der Waals surface area contributed by atoms with Gasteiger partial charge in [-0.25, -0.2) is 8.78 Å². The van der Waals surface area contributed by atoms with Gasteiger partial charge in [0.15, 0.2) is 17.5 Å². The number of carbonyl (C=O) groups is 2. The molecule has 1 heterocycles. The lowest BCUT2D eigenvalue weighted by Crippen LogP contribution is -2.15. The Labute approximate surface area is 169 Å². The summed E-state index contributed by atoms with van der Waals surface area (Å²) in [6.45, 7) is 1.93. The Morgan fingerprint density at radius 2 is 1.69 bits per heavy atom. The Hall–Kier alpha value is -3.33. The van der Waals surface area contributed by atoms with E-state index in [1.165, 1.54) is 6.07 Å². The first-order valence-electron chi connectivity index (χ1n) is 8.50. The highest BCUT2D eigenvalue weighted by Crippen LogP contribution is 2.18. The highest BCUT2D eigenvalue weighted by Gasteiger charge is 2.09. The maximum absolute atomic E-state index is 13.2. The molecular weight excluding hydrogens is 398 g/mol. The van der Waals surface area contributed by atoms with Crippen molar-refractivity contribution in [3.05, 3.63) is 77.4 Å². The van der Waals surface area contributed by atoms with Crippen LogP contribution in [0.4, 0.5) is 20.3 Å². The first-order chi connectivity index (χ1) is 13.9. The van der Waals surface area contributed by atoms with Gasteiger partial charge < -0.3 is 10.6 Å². The summed E-state index contributed by atoms with van der Waals surface area (Å²) in [4.78, 5) is 24.1. The normalized spacial score (nSPS) is 10.4. The van der Waals surface area contributed by atoms with E-state index >= 15 is 0 Å². The number of aryl methyl sites for hydroxylation is 1. The van der Waals surface area contributed by atoms with Gasteiger partial charge in [-0.1, -0.05) is 29.5 Å². The van der Waals surface area contributed by atoms with Crippen LogP contribution in [0.1, 0.15) is 15.9 Å². The van der Waals surface area contributed by atoms with Gasteiger partial charge >= 0.3 is 0 Å². The van der Waals surface area contributed by atoms with Crippen LogP contribution in [0.15, 0.2) is 59.6 Å². The molecule has 0 fully saturated rings. The standard InChI is InChI=1S/C20H16F2N4O2S/c1-12-2-4-13(5-3-12)20(28)24-17-8-9-19(26-25-17)29-11-18(27)23-14-6-7-15(21)16(22)10-14/h2-10H,11H2,1H3,(H,23,27)(H,24,25,28). The van der Waals surface area contributed by atoms with Crippen molar-refractivity contribution in [3.63, 3.8) is 0 Å². The lowest BCUT2D eigenvalue weighted by Gasteiger charge is -2.06. The summed E-state index contributed by atoms with van der Waals surface area (Å²) in [5, 5.41) is 13.5. The fraction of sp³-hybridized carbons (Fsp3) is 0.100. The van der Waals surface area contributed by atoms with E-state index in [0.29, 0.717) is 10.6 Å². The molecule has 0 saturated carbocycles. The van der Waals surface area contributed by atoms with Crippen LogP contribution in [0.25, 0.3) is 0 Å². The SMILES string of the molecule is Cc1ccc(C(=O)Nc2ccc(SCC(=O)Nc3ccc(F)c(F)c3)nn2)cc1. The monoisotopic (exact) mass is 414 g/mol. The van der Waals surface area contributed by atoms with Gasteiger partial charge in [0.1, 0.15) is 5.03 Å². The van der Waals surface area contributed by atoms with E-state index < -0.39 is 17.5 Å². The van der Waals surface area contributed by atoms with E-state index in [1.807, 2.05) is 19.1 Å². The molecular formula is C20H16F2N4O2S. The van der Waals surface area contributed by atoms with Crippen molar-refractivity contribution in [2.75, 3.05) is 16.4 Å². The van der Waals surface area contributed by atoms with E-state index in [1.54, 1.807) is 24.3 Å². The predicted octanol–water partition coefficient (Wildman–Crippen LogP) is 4.05. The molecule has 0 spiro atoms. The zero-order valence-corrected chi connectivity index (χ0v) is 16.1. The number of benzene rings is 2. The number of rotatable bonds is 6. The van der Waals surface area contributed by atoms with E-state index in [2.05, 4.69) is 20.8 Å². The fourth-order valence-corrected chi connectivity index (χ4v) is 2.88. The Morgan fingerprint density at radius 3 is 2.34 bits per heavy atom. The van der Waals surface area contributed by atoms with Crippen LogP contribution >= 0.6 is 11.8 Å². The fourth-order valence-electron chi connectivity index (χ4n) is 2.27. The van der Waals surface area contributed by atoms with Gasteiger partial charge in [-0.05, 0) is 43.3 Å². The molecule has 2 N–H and O–H groups in total. The lowest BCUT2D eigenvalue weighted by molar-refractivity contribution is -0.113. The van der Waals surface area contributed by atoms with Gasteiger partial charge in [0.2, 0.25) is 5.91 Å². The third-order valence-electron chi connectivity index (χ3n) is 3.75. The highest BCUT2D eigenvalue weighted by molar-refractivity contribution is 7.99. The van der Waals surface area contributed by atoms with Crippen LogP contribution in [0.2, 0.25) is 0 Å². The topological polar surface area (TPSA) is 84.0 Å². The minimum atomic E-state index is -1.04. The van der Waals surface area contributed by atoms with Crippen LogP contribution in [0, 0.1) is 18.6 Å². The molecule has 3 aromatic rings. The zero-order chi connectivity index (χ0) is 20.8.